The fourth-order valence-corrected chi connectivity index (χ4v) is 4.16. The van der Waals surface area contributed by atoms with E-state index in [9.17, 15) is 0 Å². The molecule has 124 valence electrons. The van der Waals surface area contributed by atoms with Crippen molar-refractivity contribution < 1.29 is 0 Å². The number of hydrogen-bond donors (Lipinski definition) is 0. The van der Waals surface area contributed by atoms with Crippen molar-refractivity contribution in [1.29, 1.82) is 0 Å². The van der Waals surface area contributed by atoms with E-state index in [0.29, 0.717) is 0 Å². The first-order valence-electron chi connectivity index (χ1n) is 8.09. The summed E-state index contributed by atoms with van der Waals surface area (Å²) in [5.41, 5.74) is 4.41. The number of hydrogen-bond acceptors (Lipinski definition) is 5. The quantitative estimate of drug-likeness (QED) is 0.370. The molecule has 0 saturated carbocycles. The zero-order chi connectivity index (χ0) is 17.1. The topological polar surface area (TPSA) is 38.7 Å². The lowest BCUT2D eigenvalue weighted by Crippen LogP contribution is -2.01. The average molecular weight is 364 g/mol. The van der Waals surface area contributed by atoms with Crippen LogP contribution in [-0.2, 0) is 12.8 Å². The number of thioether (sulfide) groups is 1. The second kappa shape index (κ2) is 7.33. The smallest absolute Gasteiger partial charge is 0.187 e. The molecule has 5 heteroatoms. The second-order valence-corrected chi connectivity index (χ2v) is 7.64. The average Bonchev–Trinajstić information content (AvgIpc) is 3.04. The van der Waals surface area contributed by atoms with Gasteiger partial charge < -0.3 is 0 Å². The zero-order valence-electron chi connectivity index (χ0n) is 13.8. The van der Waals surface area contributed by atoms with E-state index in [1.54, 1.807) is 23.1 Å². The van der Waals surface area contributed by atoms with Gasteiger partial charge in [0, 0.05) is 18.5 Å². The Balaban J connectivity index is 1.63. The second-order valence-electron chi connectivity index (χ2n) is 5.75. The van der Waals surface area contributed by atoms with Gasteiger partial charge in [0.2, 0.25) is 0 Å². The van der Waals surface area contributed by atoms with Crippen molar-refractivity contribution in [3.63, 3.8) is 0 Å². The van der Waals surface area contributed by atoms with Crippen molar-refractivity contribution in [2.45, 2.75) is 18.0 Å². The maximum absolute atomic E-state index is 4.73. The van der Waals surface area contributed by atoms with Gasteiger partial charge in [-0.15, -0.1) is 11.3 Å². The van der Waals surface area contributed by atoms with Crippen LogP contribution in [0.2, 0.25) is 0 Å². The van der Waals surface area contributed by atoms with Crippen molar-refractivity contribution in [3.8, 4) is 0 Å². The van der Waals surface area contributed by atoms with E-state index >= 15 is 0 Å². The van der Waals surface area contributed by atoms with Gasteiger partial charge in [-0.2, -0.15) is 0 Å². The number of aromatic nitrogens is 3. The van der Waals surface area contributed by atoms with Crippen molar-refractivity contribution in [1.82, 2.24) is 15.0 Å². The summed E-state index contributed by atoms with van der Waals surface area (Å²) in [5.74, 6) is 0. The third kappa shape index (κ3) is 3.89. The Morgan fingerprint density at radius 3 is 2.32 bits per heavy atom. The van der Waals surface area contributed by atoms with E-state index in [0.717, 1.165) is 39.9 Å². The van der Waals surface area contributed by atoms with Crippen LogP contribution in [0, 0.1) is 0 Å². The molecule has 0 unspecified atom stereocenters. The molecule has 0 fully saturated rings. The van der Waals surface area contributed by atoms with Gasteiger partial charge in [-0.3, -0.25) is 0 Å². The number of rotatable bonds is 5. The van der Waals surface area contributed by atoms with E-state index in [2.05, 4.69) is 58.5 Å². The van der Waals surface area contributed by atoms with Crippen LogP contribution in [-0.4, -0.2) is 21.2 Å². The Morgan fingerprint density at radius 1 is 0.840 bits per heavy atom. The Morgan fingerprint density at radius 2 is 1.56 bits per heavy atom. The molecule has 0 aliphatic rings. The van der Waals surface area contributed by atoms with Gasteiger partial charge in [0.15, 0.2) is 5.16 Å². The molecule has 4 aromatic rings. The van der Waals surface area contributed by atoms with E-state index in [1.807, 2.05) is 18.4 Å². The number of benzene rings is 2. The van der Waals surface area contributed by atoms with Crippen LogP contribution in [0.3, 0.4) is 0 Å². The summed E-state index contributed by atoms with van der Waals surface area (Å²) in [4.78, 5) is 14.1. The van der Waals surface area contributed by atoms with Gasteiger partial charge >= 0.3 is 0 Å². The minimum absolute atomic E-state index is 0.747. The normalized spacial score (nSPS) is 11.1. The molecule has 0 amide bonds. The highest BCUT2D eigenvalue weighted by Crippen LogP contribution is 2.24. The molecule has 0 bridgehead atoms. The van der Waals surface area contributed by atoms with Gasteiger partial charge in [0.1, 0.15) is 0 Å². The minimum atomic E-state index is 0.747. The highest BCUT2D eigenvalue weighted by atomic mass is 32.2. The first kappa shape index (κ1) is 16.2. The number of fused-ring (bicyclic) bond motifs is 1. The van der Waals surface area contributed by atoms with Crippen LogP contribution in [0.1, 0.15) is 22.0 Å². The fraction of sp³-hybridized carbons (Fsp3) is 0.150. The van der Waals surface area contributed by atoms with Crippen LogP contribution >= 0.6 is 23.1 Å². The molecule has 4 rings (SSSR count). The Bertz CT molecular complexity index is 963. The lowest BCUT2D eigenvalue weighted by molar-refractivity contribution is 0.857. The van der Waals surface area contributed by atoms with E-state index in [-0.39, 0.29) is 0 Å². The molecule has 0 N–H and O–H groups in total. The summed E-state index contributed by atoms with van der Waals surface area (Å²) in [5, 5.41) is 1.92. The third-order valence-electron chi connectivity index (χ3n) is 3.89. The maximum atomic E-state index is 4.73. The maximum Gasteiger partial charge on any atom is 0.187 e. The Labute approximate surface area is 155 Å². The van der Waals surface area contributed by atoms with Gasteiger partial charge in [0.05, 0.1) is 20.9 Å². The molecule has 0 saturated heterocycles. The van der Waals surface area contributed by atoms with Crippen molar-refractivity contribution in [2.75, 3.05) is 6.26 Å². The van der Waals surface area contributed by atoms with E-state index < -0.39 is 0 Å². The van der Waals surface area contributed by atoms with Gasteiger partial charge in [-0.05, 0) is 30.0 Å². The molecule has 0 atom stereocenters. The minimum Gasteiger partial charge on any atom is -0.241 e. The molecule has 0 spiro atoms. The predicted molar refractivity (Wildman–Crippen MR) is 105 cm³/mol. The first-order chi connectivity index (χ1) is 12.3. The predicted octanol–water partition coefficient (Wildman–Crippen LogP) is 4.99. The lowest BCUT2D eigenvalue weighted by atomic mass is 10.1. The molecule has 2 heterocycles. The first-order valence-corrected chi connectivity index (χ1v) is 10.1. The number of thiazole rings is 1. The van der Waals surface area contributed by atoms with Crippen LogP contribution in [0.25, 0.3) is 10.2 Å². The summed E-state index contributed by atoms with van der Waals surface area (Å²) in [7, 11) is 0. The number of para-hydroxylation sites is 1. The molecule has 0 aliphatic heterocycles. The van der Waals surface area contributed by atoms with E-state index in [4.69, 9.17) is 4.98 Å². The van der Waals surface area contributed by atoms with Gasteiger partial charge in [-0.1, -0.05) is 54.2 Å². The summed E-state index contributed by atoms with van der Waals surface area (Å²) in [6, 6.07) is 20.8. The SMILES string of the molecule is CSc1nc(Cc2ccccc2)cc(Cc2nc3ccccc3s2)n1. The Kier molecular flexibility index (Phi) is 4.76. The zero-order valence-corrected chi connectivity index (χ0v) is 15.5. The summed E-state index contributed by atoms with van der Waals surface area (Å²) < 4.78 is 1.22. The molecule has 3 nitrogen and oxygen atoms in total. The van der Waals surface area contributed by atoms with Gasteiger partial charge in [0.25, 0.3) is 0 Å². The highest BCUT2D eigenvalue weighted by molar-refractivity contribution is 7.98. The molecule has 25 heavy (non-hydrogen) atoms. The van der Waals surface area contributed by atoms with Crippen molar-refractivity contribution >= 4 is 33.3 Å². The molecule has 0 aliphatic carbocycles. The highest BCUT2D eigenvalue weighted by Gasteiger charge is 2.09. The molecule has 0 radical (unpaired) electrons. The molecular formula is C20H17N3S2. The van der Waals surface area contributed by atoms with Crippen molar-refractivity contribution in [3.05, 3.63) is 82.6 Å². The molecular weight excluding hydrogens is 346 g/mol. The molecule has 2 aromatic heterocycles. The van der Waals surface area contributed by atoms with Crippen LogP contribution < -0.4 is 0 Å². The third-order valence-corrected chi connectivity index (χ3v) is 5.48. The van der Waals surface area contributed by atoms with Crippen LogP contribution in [0.4, 0.5) is 0 Å². The number of nitrogens with zero attached hydrogens (tertiary/aromatic N) is 3. The van der Waals surface area contributed by atoms with Crippen molar-refractivity contribution in [2.24, 2.45) is 0 Å². The van der Waals surface area contributed by atoms with Gasteiger partial charge in [-0.25, -0.2) is 15.0 Å². The summed E-state index contributed by atoms with van der Waals surface area (Å²) >= 11 is 3.32. The monoisotopic (exact) mass is 363 g/mol. The Hall–Kier alpha value is -2.24. The van der Waals surface area contributed by atoms with Crippen LogP contribution in [0.5, 0.6) is 0 Å². The largest absolute Gasteiger partial charge is 0.241 e. The van der Waals surface area contributed by atoms with Crippen LogP contribution in [0.15, 0.2) is 65.8 Å². The fourth-order valence-electron chi connectivity index (χ4n) is 2.76. The standard InChI is InChI=1S/C20H17N3S2/c1-24-20-21-15(11-14-7-3-2-4-8-14)12-16(22-20)13-19-23-17-9-5-6-10-18(17)25-19/h2-10,12H,11,13H2,1H3. The molecule has 2 aromatic carbocycles. The lowest BCUT2D eigenvalue weighted by Gasteiger charge is -2.06. The summed E-state index contributed by atoms with van der Waals surface area (Å²) in [6.45, 7) is 0. The van der Waals surface area contributed by atoms with E-state index in [1.165, 1.54) is 10.3 Å². The summed E-state index contributed by atoms with van der Waals surface area (Å²) in [6.07, 6.45) is 3.59.